The molecule has 0 aliphatic carbocycles. The van der Waals surface area contributed by atoms with Crippen LogP contribution in [0.3, 0.4) is 0 Å². The van der Waals surface area contributed by atoms with Crippen LogP contribution in [-0.2, 0) is 35.2 Å². The number of carbonyl (C=O) groups is 6. The van der Waals surface area contributed by atoms with Crippen molar-refractivity contribution in [3.05, 3.63) is 29.8 Å². The van der Waals surface area contributed by atoms with E-state index in [2.05, 4.69) is 10.6 Å². The van der Waals surface area contributed by atoms with Crippen molar-refractivity contribution < 1.29 is 44.1 Å². The van der Waals surface area contributed by atoms with E-state index in [0.29, 0.717) is 12.0 Å². The molecule has 2 rings (SSSR count). The third-order valence-corrected chi connectivity index (χ3v) is 5.86. The molecule has 4 unspecified atom stereocenters. The van der Waals surface area contributed by atoms with Gasteiger partial charge in [-0.2, -0.15) is 0 Å². The van der Waals surface area contributed by atoms with Crippen molar-refractivity contribution in [3.8, 4) is 5.75 Å². The Labute approximate surface area is 212 Å². The molecule has 1 heterocycles. The maximum absolute atomic E-state index is 13.0. The van der Waals surface area contributed by atoms with E-state index in [4.69, 9.17) is 11.5 Å². The minimum atomic E-state index is -1.62. The summed E-state index contributed by atoms with van der Waals surface area (Å²) in [4.78, 5) is 73.7. The van der Waals surface area contributed by atoms with Crippen LogP contribution in [-0.4, -0.2) is 86.5 Å². The van der Waals surface area contributed by atoms with E-state index in [0.717, 1.165) is 0 Å². The number of carboxylic acid groups (broad SMARTS) is 2. The molecule has 202 valence electrons. The molecule has 0 radical (unpaired) electrons. The highest BCUT2D eigenvalue weighted by Gasteiger charge is 2.38. The lowest BCUT2D eigenvalue weighted by Crippen LogP contribution is -2.57. The maximum atomic E-state index is 13.0. The Morgan fingerprint density at radius 1 is 1.03 bits per heavy atom. The first-order valence-corrected chi connectivity index (χ1v) is 11.6. The van der Waals surface area contributed by atoms with Gasteiger partial charge in [-0.1, -0.05) is 12.1 Å². The fourth-order valence-electron chi connectivity index (χ4n) is 3.93. The predicted octanol–water partition coefficient (Wildman–Crippen LogP) is -1.95. The number of hydrogen-bond acceptors (Lipinski definition) is 8. The van der Waals surface area contributed by atoms with Crippen molar-refractivity contribution in [1.82, 2.24) is 15.5 Å². The van der Waals surface area contributed by atoms with Gasteiger partial charge in [0.2, 0.25) is 23.6 Å². The summed E-state index contributed by atoms with van der Waals surface area (Å²) in [6, 6.07) is 0.460. The lowest BCUT2D eigenvalue weighted by atomic mass is 10.0. The molecule has 0 saturated carbocycles. The Bertz CT molecular complexity index is 1030. The van der Waals surface area contributed by atoms with Crippen LogP contribution in [0, 0.1) is 0 Å². The zero-order chi connectivity index (χ0) is 27.7. The van der Waals surface area contributed by atoms with Gasteiger partial charge < -0.3 is 42.3 Å². The summed E-state index contributed by atoms with van der Waals surface area (Å²) in [5.41, 5.74) is 11.4. The molecule has 0 aromatic heterocycles. The number of primary amides is 1. The van der Waals surface area contributed by atoms with Crippen molar-refractivity contribution >= 4 is 35.6 Å². The van der Waals surface area contributed by atoms with E-state index in [9.17, 15) is 44.1 Å². The number of likely N-dealkylation sites (tertiary alicyclic amines) is 1. The summed E-state index contributed by atoms with van der Waals surface area (Å²) in [7, 11) is 0. The second kappa shape index (κ2) is 13.2. The first-order chi connectivity index (χ1) is 17.4. The first kappa shape index (κ1) is 29.0. The van der Waals surface area contributed by atoms with E-state index in [-0.39, 0.29) is 38.0 Å². The van der Waals surface area contributed by atoms with Gasteiger partial charge >= 0.3 is 11.9 Å². The standard InChI is InChI=1S/C23H31N5O9/c24-14(7-8-18(25)30)22(35)28-9-1-2-17(28)21(34)26-15(11-19(31)32)20(33)27-16(23(36)37)10-12-3-5-13(29)6-4-12/h3-6,14-17,29H,1-2,7-11,24H2,(H2,25,30)(H,26,34)(H,27,33)(H,31,32)(H,36,37). The van der Waals surface area contributed by atoms with E-state index in [1.165, 1.54) is 29.2 Å². The third-order valence-electron chi connectivity index (χ3n) is 5.86. The Hall–Kier alpha value is -4.20. The van der Waals surface area contributed by atoms with E-state index in [1.54, 1.807) is 0 Å². The topological polar surface area (TPSA) is 242 Å². The number of hydrogen-bond donors (Lipinski definition) is 7. The van der Waals surface area contributed by atoms with Gasteiger partial charge in [0, 0.05) is 19.4 Å². The van der Waals surface area contributed by atoms with Crippen LogP contribution >= 0.6 is 0 Å². The predicted molar refractivity (Wildman–Crippen MR) is 127 cm³/mol. The number of phenols is 1. The summed E-state index contributed by atoms with van der Waals surface area (Å²) < 4.78 is 0. The summed E-state index contributed by atoms with van der Waals surface area (Å²) >= 11 is 0. The summed E-state index contributed by atoms with van der Waals surface area (Å²) in [5, 5.41) is 32.7. The van der Waals surface area contributed by atoms with Gasteiger partial charge in [-0.15, -0.1) is 0 Å². The number of benzene rings is 1. The number of nitrogens with one attached hydrogen (secondary N) is 2. The zero-order valence-corrected chi connectivity index (χ0v) is 20.0. The SMILES string of the molecule is NC(=O)CCC(N)C(=O)N1CCCC1C(=O)NC(CC(=O)O)C(=O)NC(Cc1ccc(O)cc1)C(=O)O. The van der Waals surface area contributed by atoms with Crippen LogP contribution in [0.4, 0.5) is 0 Å². The second-order valence-corrected chi connectivity index (χ2v) is 8.73. The van der Waals surface area contributed by atoms with Gasteiger partial charge in [0.1, 0.15) is 23.9 Å². The molecule has 14 heteroatoms. The number of aliphatic carboxylic acids is 2. The summed E-state index contributed by atoms with van der Waals surface area (Å²) in [6.07, 6.45) is -0.435. The number of carboxylic acids is 2. The number of nitrogens with zero attached hydrogens (tertiary/aromatic N) is 1. The van der Waals surface area contributed by atoms with Gasteiger partial charge in [-0.25, -0.2) is 4.79 Å². The highest BCUT2D eigenvalue weighted by molar-refractivity contribution is 5.96. The molecule has 4 amide bonds. The van der Waals surface area contributed by atoms with Crippen molar-refractivity contribution in [2.75, 3.05) is 6.54 Å². The molecule has 0 bridgehead atoms. The number of carbonyl (C=O) groups excluding carboxylic acids is 4. The molecule has 0 spiro atoms. The minimum Gasteiger partial charge on any atom is -0.508 e. The average molecular weight is 522 g/mol. The fraction of sp³-hybridized carbons (Fsp3) is 0.478. The molecule has 14 nitrogen and oxygen atoms in total. The number of aromatic hydroxyl groups is 1. The number of amides is 4. The molecule has 1 aromatic carbocycles. The Balaban J connectivity index is 2.10. The van der Waals surface area contributed by atoms with Crippen LogP contribution in [0.5, 0.6) is 5.75 Å². The van der Waals surface area contributed by atoms with Crippen molar-refractivity contribution in [3.63, 3.8) is 0 Å². The lowest BCUT2D eigenvalue weighted by molar-refractivity contribution is -0.144. The quantitative estimate of drug-likeness (QED) is 0.151. The van der Waals surface area contributed by atoms with Crippen LogP contribution < -0.4 is 22.1 Å². The fourth-order valence-corrected chi connectivity index (χ4v) is 3.93. The number of phenolic OH excluding ortho intramolecular Hbond substituents is 1. The zero-order valence-electron chi connectivity index (χ0n) is 20.0. The molecular weight excluding hydrogens is 490 g/mol. The summed E-state index contributed by atoms with van der Waals surface area (Å²) in [5.74, 6) is -5.88. The van der Waals surface area contributed by atoms with Crippen LogP contribution in [0.25, 0.3) is 0 Å². The minimum absolute atomic E-state index is 0.0132. The van der Waals surface area contributed by atoms with Gasteiger partial charge in [0.05, 0.1) is 12.5 Å². The molecule has 1 aromatic rings. The number of nitrogens with two attached hydrogens (primary N) is 2. The highest BCUT2D eigenvalue weighted by atomic mass is 16.4. The van der Waals surface area contributed by atoms with Crippen LogP contribution in [0.2, 0.25) is 0 Å². The molecule has 1 aliphatic heterocycles. The van der Waals surface area contributed by atoms with Crippen LogP contribution in [0.1, 0.15) is 37.7 Å². The van der Waals surface area contributed by atoms with Gasteiger partial charge in [0.25, 0.3) is 0 Å². The molecular formula is C23H31N5O9. The van der Waals surface area contributed by atoms with Crippen molar-refractivity contribution in [1.29, 1.82) is 0 Å². The molecule has 1 fully saturated rings. The first-order valence-electron chi connectivity index (χ1n) is 11.6. The maximum Gasteiger partial charge on any atom is 0.326 e. The van der Waals surface area contributed by atoms with Crippen molar-refractivity contribution in [2.24, 2.45) is 11.5 Å². The van der Waals surface area contributed by atoms with E-state index in [1.807, 2.05) is 0 Å². The Kier molecular flexibility index (Phi) is 10.4. The molecule has 1 aliphatic rings. The Morgan fingerprint density at radius 3 is 2.24 bits per heavy atom. The Morgan fingerprint density at radius 2 is 1.68 bits per heavy atom. The number of rotatable bonds is 13. The largest absolute Gasteiger partial charge is 0.508 e. The van der Waals surface area contributed by atoms with Gasteiger partial charge in [-0.05, 0) is 37.0 Å². The average Bonchev–Trinajstić information content (AvgIpc) is 3.32. The molecule has 1 saturated heterocycles. The van der Waals surface area contributed by atoms with Gasteiger partial charge in [0.15, 0.2) is 0 Å². The van der Waals surface area contributed by atoms with E-state index < -0.39 is 66.2 Å². The molecule has 9 N–H and O–H groups in total. The normalized spacial score (nSPS) is 17.3. The van der Waals surface area contributed by atoms with Gasteiger partial charge in [-0.3, -0.25) is 24.0 Å². The van der Waals surface area contributed by atoms with Crippen LogP contribution in [0.15, 0.2) is 24.3 Å². The van der Waals surface area contributed by atoms with E-state index >= 15 is 0 Å². The summed E-state index contributed by atoms with van der Waals surface area (Å²) in [6.45, 7) is 0.199. The second-order valence-electron chi connectivity index (χ2n) is 8.73. The monoisotopic (exact) mass is 521 g/mol. The lowest BCUT2D eigenvalue weighted by Gasteiger charge is -2.28. The third kappa shape index (κ3) is 8.75. The van der Waals surface area contributed by atoms with Crippen molar-refractivity contribution in [2.45, 2.75) is 62.7 Å². The molecule has 37 heavy (non-hydrogen) atoms. The highest BCUT2D eigenvalue weighted by Crippen LogP contribution is 2.19. The molecule has 4 atom stereocenters. The smallest absolute Gasteiger partial charge is 0.326 e.